The number of nitrogens with two attached hydrogens (primary N) is 1. The fourth-order valence-electron chi connectivity index (χ4n) is 4.45. The summed E-state index contributed by atoms with van der Waals surface area (Å²) in [4.78, 5) is 11.3. The molecule has 0 radical (unpaired) electrons. The number of aliphatic hydroxyl groups excluding tert-OH is 1. The average molecular weight is 494 g/mol. The van der Waals surface area contributed by atoms with Crippen LogP contribution in [-0.4, -0.2) is 16.2 Å². The number of para-hydroxylation sites is 1. The fourth-order valence-corrected chi connectivity index (χ4v) is 4.45. The molecule has 186 valence electrons. The first-order valence-corrected chi connectivity index (χ1v) is 12.0. The topological polar surface area (TPSA) is 106 Å². The van der Waals surface area contributed by atoms with Crippen LogP contribution < -0.4 is 10.5 Å². The van der Waals surface area contributed by atoms with E-state index in [1.807, 2.05) is 78.9 Å². The minimum Gasteiger partial charge on any atom is -0.489 e. The second kappa shape index (κ2) is 10.7. The van der Waals surface area contributed by atoms with Crippen molar-refractivity contribution >= 4 is 16.9 Å². The van der Waals surface area contributed by atoms with E-state index in [0.29, 0.717) is 29.2 Å². The maximum atomic E-state index is 11.3. The third-order valence-electron chi connectivity index (χ3n) is 6.26. The Balaban J connectivity index is 1.55. The van der Waals surface area contributed by atoms with Crippen LogP contribution >= 0.6 is 0 Å². The van der Waals surface area contributed by atoms with Gasteiger partial charge in [0.2, 0.25) is 0 Å². The Hall–Kier alpha value is -4.39. The summed E-state index contributed by atoms with van der Waals surface area (Å²) in [6.45, 7) is 0.647. The summed E-state index contributed by atoms with van der Waals surface area (Å²) in [6.07, 6.45) is -1.02. The number of hydrogen-bond donors (Lipinski definition) is 3. The molecule has 5 rings (SSSR count). The van der Waals surface area contributed by atoms with E-state index < -0.39 is 12.1 Å². The molecule has 0 aliphatic carbocycles. The molecule has 6 nitrogen and oxygen atoms in total. The molecule has 5 aromatic rings. The lowest BCUT2D eigenvalue weighted by atomic mass is 9.98. The van der Waals surface area contributed by atoms with Crippen LogP contribution in [0.5, 0.6) is 5.75 Å². The molecule has 0 bridgehead atoms. The number of furan rings is 1. The van der Waals surface area contributed by atoms with Gasteiger partial charge in [-0.3, -0.25) is 4.79 Å². The average Bonchev–Trinajstić information content (AvgIpc) is 3.36. The van der Waals surface area contributed by atoms with E-state index in [2.05, 4.69) is 0 Å². The van der Waals surface area contributed by atoms with E-state index in [-0.39, 0.29) is 13.0 Å². The van der Waals surface area contributed by atoms with Crippen molar-refractivity contribution in [2.24, 2.45) is 5.73 Å². The Morgan fingerprint density at radius 2 is 1.68 bits per heavy atom. The quantitative estimate of drug-likeness (QED) is 0.238. The summed E-state index contributed by atoms with van der Waals surface area (Å²) in [5.74, 6) is 0.0637. The molecule has 4 N–H and O–H groups in total. The number of benzene rings is 4. The SMILES string of the molecule is NCc1cccc(-c2cc(COc3ccccc3CC(=O)O)cc3cc(C(O)c4ccccc4)oc23)c1. The molecule has 0 aliphatic rings. The molecule has 0 fully saturated rings. The summed E-state index contributed by atoms with van der Waals surface area (Å²) in [6, 6.07) is 30.3. The lowest BCUT2D eigenvalue weighted by Gasteiger charge is -2.12. The van der Waals surface area contributed by atoms with Crippen molar-refractivity contribution < 1.29 is 24.2 Å². The first kappa shape index (κ1) is 24.3. The third kappa shape index (κ3) is 5.40. The lowest BCUT2D eigenvalue weighted by Crippen LogP contribution is -2.04. The zero-order valence-electron chi connectivity index (χ0n) is 20.1. The van der Waals surface area contributed by atoms with E-state index in [1.54, 1.807) is 18.2 Å². The van der Waals surface area contributed by atoms with Crippen LogP contribution in [0.4, 0.5) is 0 Å². The summed E-state index contributed by atoms with van der Waals surface area (Å²) in [5, 5.41) is 21.0. The van der Waals surface area contributed by atoms with Crippen LogP contribution in [0, 0.1) is 0 Å². The van der Waals surface area contributed by atoms with Gasteiger partial charge < -0.3 is 25.1 Å². The van der Waals surface area contributed by atoms with Gasteiger partial charge in [-0.15, -0.1) is 0 Å². The van der Waals surface area contributed by atoms with Crippen molar-refractivity contribution in [3.63, 3.8) is 0 Å². The van der Waals surface area contributed by atoms with Gasteiger partial charge in [0.25, 0.3) is 0 Å². The van der Waals surface area contributed by atoms with E-state index in [1.165, 1.54) is 0 Å². The van der Waals surface area contributed by atoms with Gasteiger partial charge in [-0.1, -0.05) is 66.7 Å². The van der Waals surface area contributed by atoms with Crippen LogP contribution in [0.3, 0.4) is 0 Å². The number of rotatable bonds is 9. The smallest absolute Gasteiger partial charge is 0.307 e. The Morgan fingerprint density at radius 1 is 0.892 bits per heavy atom. The molecule has 1 unspecified atom stereocenters. The molecule has 1 heterocycles. The van der Waals surface area contributed by atoms with Crippen LogP contribution in [-0.2, 0) is 24.4 Å². The molecule has 0 saturated carbocycles. The normalized spacial score (nSPS) is 11.9. The third-order valence-corrected chi connectivity index (χ3v) is 6.26. The Morgan fingerprint density at radius 3 is 2.46 bits per heavy atom. The van der Waals surface area contributed by atoms with Crippen molar-refractivity contribution in [1.29, 1.82) is 0 Å². The summed E-state index contributed by atoms with van der Waals surface area (Å²) >= 11 is 0. The van der Waals surface area contributed by atoms with Gasteiger partial charge in [-0.2, -0.15) is 0 Å². The molecular weight excluding hydrogens is 466 g/mol. The Kier molecular flexibility index (Phi) is 7.03. The highest BCUT2D eigenvalue weighted by molar-refractivity contribution is 5.94. The molecular formula is C31H27NO5. The lowest BCUT2D eigenvalue weighted by molar-refractivity contribution is -0.136. The highest BCUT2D eigenvalue weighted by Gasteiger charge is 2.19. The second-order valence-corrected chi connectivity index (χ2v) is 8.90. The maximum absolute atomic E-state index is 11.3. The Labute approximate surface area is 214 Å². The predicted molar refractivity (Wildman–Crippen MR) is 142 cm³/mol. The van der Waals surface area contributed by atoms with Crippen LogP contribution in [0.2, 0.25) is 0 Å². The minimum absolute atomic E-state index is 0.116. The zero-order chi connectivity index (χ0) is 25.8. The molecule has 1 atom stereocenters. The van der Waals surface area contributed by atoms with Crippen LogP contribution in [0.1, 0.15) is 34.1 Å². The van der Waals surface area contributed by atoms with Gasteiger partial charge in [0.15, 0.2) is 0 Å². The molecule has 0 aliphatic heterocycles. The van der Waals surface area contributed by atoms with Crippen molar-refractivity contribution in [3.05, 3.63) is 125 Å². The van der Waals surface area contributed by atoms with E-state index >= 15 is 0 Å². The molecule has 6 heteroatoms. The van der Waals surface area contributed by atoms with Crippen molar-refractivity contribution in [2.75, 3.05) is 0 Å². The van der Waals surface area contributed by atoms with E-state index in [0.717, 1.165) is 33.2 Å². The summed E-state index contributed by atoms with van der Waals surface area (Å²) in [7, 11) is 0. The molecule has 0 spiro atoms. The van der Waals surface area contributed by atoms with Crippen molar-refractivity contribution in [2.45, 2.75) is 25.7 Å². The first-order valence-electron chi connectivity index (χ1n) is 12.0. The maximum Gasteiger partial charge on any atom is 0.307 e. The highest BCUT2D eigenvalue weighted by Crippen LogP contribution is 2.36. The number of ether oxygens (including phenoxy) is 1. The monoisotopic (exact) mass is 493 g/mol. The summed E-state index contributed by atoms with van der Waals surface area (Å²) < 4.78 is 12.3. The number of carbonyl (C=O) groups is 1. The number of hydrogen-bond acceptors (Lipinski definition) is 5. The number of carboxylic acid groups (broad SMARTS) is 1. The van der Waals surface area contributed by atoms with Gasteiger partial charge >= 0.3 is 5.97 Å². The molecule has 4 aromatic carbocycles. The van der Waals surface area contributed by atoms with Gasteiger partial charge in [0.05, 0.1) is 6.42 Å². The molecule has 0 saturated heterocycles. The van der Waals surface area contributed by atoms with Gasteiger partial charge in [-0.05, 0) is 52.6 Å². The Bertz CT molecular complexity index is 1540. The predicted octanol–water partition coefficient (Wildman–Crippen LogP) is 5.85. The van der Waals surface area contributed by atoms with Gasteiger partial charge in [0.1, 0.15) is 29.8 Å². The van der Waals surface area contributed by atoms with Crippen LogP contribution in [0.25, 0.3) is 22.1 Å². The molecule has 1 aromatic heterocycles. The largest absolute Gasteiger partial charge is 0.489 e. The number of aliphatic carboxylic acids is 1. The van der Waals surface area contributed by atoms with E-state index in [4.69, 9.17) is 14.9 Å². The number of carboxylic acids is 1. The van der Waals surface area contributed by atoms with Gasteiger partial charge in [0, 0.05) is 23.1 Å². The number of aliphatic hydroxyl groups is 1. The zero-order valence-corrected chi connectivity index (χ0v) is 20.1. The number of fused-ring (bicyclic) bond motifs is 1. The van der Waals surface area contributed by atoms with Gasteiger partial charge in [-0.25, -0.2) is 0 Å². The fraction of sp³-hybridized carbons (Fsp3) is 0.129. The second-order valence-electron chi connectivity index (χ2n) is 8.90. The first-order chi connectivity index (χ1) is 18.0. The van der Waals surface area contributed by atoms with Crippen molar-refractivity contribution in [3.8, 4) is 16.9 Å². The molecule has 0 amide bonds. The molecule has 37 heavy (non-hydrogen) atoms. The van der Waals surface area contributed by atoms with E-state index in [9.17, 15) is 15.0 Å². The van der Waals surface area contributed by atoms with Crippen LogP contribution in [0.15, 0.2) is 101 Å². The minimum atomic E-state index is -0.914. The van der Waals surface area contributed by atoms with Crippen molar-refractivity contribution in [1.82, 2.24) is 0 Å². The highest BCUT2D eigenvalue weighted by atomic mass is 16.5. The standard InChI is InChI=1S/C31H27NO5/c32-18-20-7-6-11-23(13-20)26-15-21(19-36-27-12-5-4-10-24(27)17-29(33)34)14-25-16-28(37-31(25)26)30(35)22-8-2-1-3-9-22/h1-16,30,35H,17-19,32H2,(H,33,34). The summed E-state index contributed by atoms with van der Waals surface area (Å²) in [5.41, 5.74) is 11.6.